The summed E-state index contributed by atoms with van der Waals surface area (Å²) in [6.45, 7) is 4.83. The Hall–Kier alpha value is -2.26. The summed E-state index contributed by atoms with van der Waals surface area (Å²) in [5.74, 6) is 0.201. The SMILES string of the molecule is CCOc1cc(C#N)ccc1OC(=O)c1cc(Br)cn1CC. The van der Waals surface area contributed by atoms with E-state index < -0.39 is 5.97 Å². The molecule has 22 heavy (non-hydrogen) atoms. The lowest BCUT2D eigenvalue weighted by Gasteiger charge is -2.11. The molecule has 5 nitrogen and oxygen atoms in total. The van der Waals surface area contributed by atoms with Gasteiger partial charge in [-0.2, -0.15) is 5.26 Å². The summed E-state index contributed by atoms with van der Waals surface area (Å²) in [4.78, 5) is 12.3. The number of aryl methyl sites for hydroxylation is 1. The molecule has 0 aliphatic rings. The highest BCUT2D eigenvalue weighted by Gasteiger charge is 2.17. The third kappa shape index (κ3) is 3.49. The summed E-state index contributed by atoms with van der Waals surface area (Å²) < 4.78 is 13.5. The Morgan fingerprint density at radius 3 is 2.73 bits per heavy atom. The predicted molar refractivity (Wildman–Crippen MR) is 85.1 cm³/mol. The molecule has 0 spiro atoms. The molecule has 0 amide bonds. The van der Waals surface area contributed by atoms with Crippen LogP contribution in [-0.4, -0.2) is 17.1 Å². The van der Waals surface area contributed by atoms with E-state index in [4.69, 9.17) is 14.7 Å². The highest BCUT2D eigenvalue weighted by atomic mass is 79.9. The summed E-state index contributed by atoms with van der Waals surface area (Å²) in [6, 6.07) is 8.44. The molecule has 0 radical (unpaired) electrons. The molecule has 6 heteroatoms. The molecule has 1 aromatic carbocycles. The number of halogens is 1. The van der Waals surface area contributed by atoms with Crippen molar-refractivity contribution < 1.29 is 14.3 Å². The molecular formula is C16H15BrN2O3. The number of carbonyl (C=O) groups is 1. The third-order valence-corrected chi connectivity index (χ3v) is 3.42. The molecule has 0 saturated carbocycles. The zero-order valence-electron chi connectivity index (χ0n) is 12.3. The highest BCUT2D eigenvalue weighted by Crippen LogP contribution is 2.29. The van der Waals surface area contributed by atoms with Crippen LogP contribution in [-0.2, 0) is 6.54 Å². The first-order valence-corrected chi connectivity index (χ1v) is 7.63. The fraction of sp³-hybridized carbons (Fsp3) is 0.250. The second-order valence-corrected chi connectivity index (χ2v) is 5.34. The van der Waals surface area contributed by atoms with Crippen LogP contribution >= 0.6 is 15.9 Å². The fourth-order valence-electron chi connectivity index (χ4n) is 1.99. The van der Waals surface area contributed by atoms with Gasteiger partial charge < -0.3 is 14.0 Å². The van der Waals surface area contributed by atoms with Crippen molar-refractivity contribution in [2.45, 2.75) is 20.4 Å². The van der Waals surface area contributed by atoms with E-state index in [9.17, 15) is 4.79 Å². The lowest BCUT2D eigenvalue weighted by molar-refractivity contribution is 0.0717. The van der Waals surface area contributed by atoms with E-state index in [1.165, 1.54) is 0 Å². The van der Waals surface area contributed by atoms with Gasteiger partial charge in [-0.3, -0.25) is 0 Å². The molecule has 0 N–H and O–H groups in total. The van der Waals surface area contributed by atoms with Crippen LogP contribution in [0.4, 0.5) is 0 Å². The zero-order chi connectivity index (χ0) is 16.1. The number of hydrogen-bond acceptors (Lipinski definition) is 4. The average Bonchev–Trinajstić information content (AvgIpc) is 2.90. The van der Waals surface area contributed by atoms with E-state index >= 15 is 0 Å². The number of nitrogens with zero attached hydrogens (tertiary/aromatic N) is 2. The predicted octanol–water partition coefficient (Wildman–Crippen LogP) is 3.76. The molecule has 114 valence electrons. The summed E-state index contributed by atoms with van der Waals surface area (Å²) in [5.41, 5.74) is 0.893. The standard InChI is InChI=1S/C16H15BrN2O3/c1-3-19-10-12(17)8-13(19)16(20)22-14-6-5-11(9-18)7-15(14)21-4-2/h5-8,10H,3-4H2,1-2H3. The number of aromatic nitrogens is 1. The number of carbonyl (C=O) groups excluding carboxylic acids is 1. The number of hydrogen-bond donors (Lipinski definition) is 0. The molecule has 0 aliphatic heterocycles. The Morgan fingerprint density at radius 1 is 1.32 bits per heavy atom. The van der Waals surface area contributed by atoms with Gasteiger partial charge in [0, 0.05) is 23.3 Å². The number of esters is 1. The Labute approximate surface area is 137 Å². The smallest absolute Gasteiger partial charge is 0.360 e. The second-order valence-electron chi connectivity index (χ2n) is 4.43. The van der Waals surface area contributed by atoms with Crippen molar-refractivity contribution in [3.63, 3.8) is 0 Å². The maximum Gasteiger partial charge on any atom is 0.360 e. The maximum absolute atomic E-state index is 12.3. The van der Waals surface area contributed by atoms with Crippen LogP contribution in [0.25, 0.3) is 0 Å². The van der Waals surface area contributed by atoms with Gasteiger partial charge in [-0.25, -0.2) is 4.79 Å². The minimum absolute atomic E-state index is 0.297. The summed E-state index contributed by atoms with van der Waals surface area (Å²) >= 11 is 3.35. The monoisotopic (exact) mass is 362 g/mol. The minimum atomic E-state index is -0.474. The van der Waals surface area contributed by atoms with Crippen molar-refractivity contribution >= 4 is 21.9 Å². The molecule has 1 heterocycles. The van der Waals surface area contributed by atoms with Gasteiger partial charge in [0.25, 0.3) is 0 Å². The van der Waals surface area contributed by atoms with Crippen molar-refractivity contribution in [2.24, 2.45) is 0 Å². The number of nitriles is 1. The molecule has 2 aromatic rings. The van der Waals surface area contributed by atoms with Crippen molar-refractivity contribution in [2.75, 3.05) is 6.61 Å². The van der Waals surface area contributed by atoms with E-state index in [0.29, 0.717) is 35.9 Å². The van der Waals surface area contributed by atoms with Gasteiger partial charge in [0.05, 0.1) is 18.2 Å². The van der Waals surface area contributed by atoms with Crippen LogP contribution in [0.5, 0.6) is 11.5 Å². The number of rotatable bonds is 5. The molecule has 0 fully saturated rings. The second kappa shape index (κ2) is 7.14. The topological polar surface area (TPSA) is 64.2 Å². The lowest BCUT2D eigenvalue weighted by Crippen LogP contribution is -2.14. The molecule has 0 saturated heterocycles. The van der Waals surface area contributed by atoms with Gasteiger partial charge in [0.1, 0.15) is 5.69 Å². The normalized spacial score (nSPS) is 10.1. The highest BCUT2D eigenvalue weighted by molar-refractivity contribution is 9.10. The Balaban J connectivity index is 2.29. The van der Waals surface area contributed by atoms with Gasteiger partial charge in [-0.1, -0.05) is 0 Å². The molecule has 0 aliphatic carbocycles. The van der Waals surface area contributed by atoms with E-state index in [1.54, 1.807) is 28.8 Å². The van der Waals surface area contributed by atoms with E-state index in [0.717, 1.165) is 4.47 Å². The fourth-order valence-corrected chi connectivity index (χ4v) is 2.45. The van der Waals surface area contributed by atoms with Crippen LogP contribution in [0.3, 0.4) is 0 Å². The summed E-state index contributed by atoms with van der Waals surface area (Å²) in [7, 11) is 0. The van der Waals surface area contributed by atoms with Crippen molar-refractivity contribution in [3.05, 3.63) is 46.2 Å². The number of benzene rings is 1. The maximum atomic E-state index is 12.3. The molecule has 0 bridgehead atoms. The molecule has 0 atom stereocenters. The van der Waals surface area contributed by atoms with Gasteiger partial charge >= 0.3 is 5.97 Å². The lowest BCUT2D eigenvalue weighted by atomic mass is 10.2. The third-order valence-electron chi connectivity index (χ3n) is 2.99. The first-order valence-electron chi connectivity index (χ1n) is 6.83. The van der Waals surface area contributed by atoms with E-state index in [-0.39, 0.29) is 0 Å². The molecule has 2 rings (SSSR count). The largest absolute Gasteiger partial charge is 0.490 e. The summed E-state index contributed by atoms with van der Waals surface area (Å²) in [6.07, 6.45) is 1.82. The van der Waals surface area contributed by atoms with Crippen molar-refractivity contribution in [1.82, 2.24) is 4.57 Å². The van der Waals surface area contributed by atoms with Gasteiger partial charge in [-0.05, 0) is 48.0 Å². The van der Waals surface area contributed by atoms with Gasteiger partial charge in [0.15, 0.2) is 11.5 Å². The Bertz CT molecular complexity index is 731. The first-order chi connectivity index (χ1) is 10.6. The van der Waals surface area contributed by atoms with Crippen LogP contribution < -0.4 is 9.47 Å². The van der Waals surface area contributed by atoms with Gasteiger partial charge in [-0.15, -0.1) is 0 Å². The van der Waals surface area contributed by atoms with E-state index in [2.05, 4.69) is 15.9 Å². The Morgan fingerprint density at radius 2 is 2.09 bits per heavy atom. The molecular weight excluding hydrogens is 348 g/mol. The van der Waals surface area contributed by atoms with Crippen molar-refractivity contribution in [3.8, 4) is 17.6 Å². The molecule has 0 unspecified atom stereocenters. The zero-order valence-corrected chi connectivity index (χ0v) is 13.9. The average molecular weight is 363 g/mol. The number of ether oxygens (including phenoxy) is 2. The van der Waals surface area contributed by atoms with E-state index in [1.807, 2.05) is 26.1 Å². The van der Waals surface area contributed by atoms with Gasteiger partial charge in [0.2, 0.25) is 0 Å². The first kappa shape index (κ1) is 16.1. The Kier molecular flexibility index (Phi) is 5.23. The quantitative estimate of drug-likeness (QED) is 0.599. The van der Waals surface area contributed by atoms with Crippen LogP contribution in [0, 0.1) is 11.3 Å². The van der Waals surface area contributed by atoms with Crippen LogP contribution in [0.1, 0.15) is 29.9 Å². The summed E-state index contributed by atoms with van der Waals surface area (Å²) in [5, 5.41) is 8.93. The minimum Gasteiger partial charge on any atom is -0.490 e. The van der Waals surface area contributed by atoms with Crippen LogP contribution in [0.2, 0.25) is 0 Å². The molecule has 1 aromatic heterocycles. The van der Waals surface area contributed by atoms with Crippen LogP contribution in [0.15, 0.2) is 34.9 Å². The van der Waals surface area contributed by atoms with Crippen molar-refractivity contribution in [1.29, 1.82) is 5.26 Å².